The fourth-order valence-corrected chi connectivity index (χ4v) is 3.64. The molecule has 2 aliphatic rings. The lowest BCUT2D eigenvalue weighted by molar-refractivity contribution is 0.0982. The minimum atomic E-state index is 0.0972. The molecule has 1 aliphatic heterocycles. The molecule has 2 aromatic rings. The molecule has 2 aromatic carbocycles. The fourth-order valence-electron chi connectivity index (χ4n) is 2.59. The summed E-state index contributed by atoms with van der Waals surface area (Å²) in [5, 5.41) is 0. The summed E-state index contributed by atoms with van der Waals surface area (Å²) in [6, 6.07) is 14.0. The molecule has 1 heterocycles. The molecule has 0 saturated heterocycles. The number of carbonyl (C=O) groups excluding carboxylic acids is 1. The van der Waals surface area contributed by atoms with Gasteiger partial charge >= 0.3 is 0 Å². The molecule has 4 heteroatoms. The Morgan fingerprint density at radius 1 is 1.10 bits per heavy atom. The van der Waals surface area contributed by atoms with Gasteiger partial charge in [0.2, 0.25) is 0 Å². The van der Waals surface area contributed by atoms with E-state index in [2.05, 4.69) is 0 Å². The lowest BCUT2D eigenvalue weighted by Crippen LogP contribution is -2.33. The lowest BCUT2D eigenvalue weighted by atomic mass is 10.1. The monoisotopic (exact) mass is 282 g/mol. The maximum atomic E-state index is 12.9. The number of benzene rings is 2. The molecule has 0 bridgehead atoms. The van der Waals surface area contributed by atoms with E-state index in [1.54, 1.807) is 11.8 Å². The lowest BCUT2D eigenvalue weighted by Gasteiger charge is -2.22. The van der Waals surface area contributed by atoms with Crippen LogP contribution in [-0.2, 0) is 0 Å². The number of hydrogen-bond acceptors (Lipinski definition) is 3. The Morgan fingerprint density at radius 3 is 2.70 bits per heavy atom. The van der Waals surface area contributed by atoms with Crippen LogP contribution in [0.1, 0.15) is 23.2 Å². The van der Waals surface area contributed by atoms with E-state index in [0.717, 1.165) is 33.9 Å². The van der Waals surface area contributed by atoms with E-state index >= 15 is 0 Å². The SMILES string of the molecule is Nc1ccc2c(c1)N(C1CC1)C(=O)c1ccccc1S2. The van der Waals surface area contributed by atoms with Crippen LogP contribution >= 0.6 is 11.8 Å². The summed E-state index contributed by atoms with van der Waals surface area (Å²) in [7, 11) is 0. The largest absolute Gasteiger partial charge is 0.399 e. The topological polar surface area (TPSA) is 46.3 Å². The summed E-state index contributed by atoms with van der Waals surface area (Å²) in [5.74, 6) is 0.0972. The Morgan fingerprint density at radius 2 is 1.90 bits per heavy atom. The standard InChI is InChI=1S/C16H14N2OS/c17-10-5-8-15-13(9-10)18(11-6-7-11)16(19)12-3-1-2-4-14(12)20-15/h1-5,8-9,11H,6-7,17H2. The van der Waals surface area contributed by atoms with Gasteiger partial charge in [0.15, 0.2) is 0 Å². The number of carbonyl (C=O) groups is 1. The normalized spacial score (nSPS) is 17.4. The van der Waals surface area contributed by atoms with Gasteiger partial charge in [-0.15, -0.1) is 0 Å². The van der Waals surface area contributed by atoms with Crippen LogP contribution in [0.5, 0.6) is 0 Å². The Bertz CT molecular complexity index is 709. The number of anilines is 2. The van der Waals surface area contributed by atoms with E-state index in [0.29, 0.717) is 11.7 Å². The number of nitrogens with zero attached hydrogens (tertiary/aromatic N) is 1. The van der Waals surface area contributed by atoms with Crippen LogP contribution in [0.15, 0.2) is 52.3 Å². The minimum Gasteiger partial charge on any atom is -0.399 e. The average Bonchev–Trinajstić information content (AvgIpc) is 3.26. The van der Waals surface area contributed by atoms with E-state index in [1.807, 2.05) is 47.4 Å². The molecule has 3 nitrogen and oxygen atoms in total. The highest BCUT2D eigenvalue weighted by atomic mass is 32.2. The fraction of sp³-hybridized carbons (Fsp3) is 0.188. The van der Waals surface area contributed by atoms with Gasteiger partial charge in [0, 0.05) is 21.5 Å². The number of amides is 1. The predicted octanol–water partition coefficient (Wildman–Crippen LogP) is 3.54. The van der Waals surface area contributed by atoms with Gasteiger partial charge in [-0.05, 0) is 43.2 Å². The zero-order valence-corrected chi connectivity index (χ0v) is 11.7. The van der Waals surface area contributed by atoms with Gasteiger partial charge in [0.05, 0.1) is 11.3 Å². The Hall–Kier alpha value is -1.94. The molecule has 100 valence electrons. The van der Waals surface area contributed by atoms with Gasteiger partial charge in [-0.2, -0.15) is 0 Å². The van der Waals surface area contributed by atoms with Crippen molar-refractivity contribution in [1.82, 2.24) is 0 Å². The summed E-state index contributed by atoms with van der Waals surface area (Å²) in [6.07, 6.45) is 2.15. The van der Waals surface area contributed by atoms with Gasteiger partial charge in [-0.25, -0.2) is 0 Å². The Labute approximate surface area is 121 Å². The maximum Gasteiger partial charge on any atom is 0.259 e. The summed E-state index contributed by atoms with van der Waals surface area (Å²) in [4.78, 5) is 16.9. The Balaban J connectivity index is 1.95. The van der Waals surface area contributed by atoms with E-state index < -0.39 is 0 Å². The highest BCUT2D eigenvalue weighted by Crippen LogP contribution is 2.45. The van der Waals surface area contributed by atoms with Crippen molar-refractivity contribution in [2.24, 2.45) is 0 Å². The van der Waals surface area contributed by atoms with Crippen LogP contribution in [0.4, 0.5) is 11.4 Å². The summed E-state index contributed by atoms with van der Waals surface area (Å²) >= 11 is 1.65. The second-order valence-corrected chi connectivity index (χ2v) is 6.32. The molecule has 1 fully saturated rings. The first-order valence-electron chi connectivity index (χ1n) is 6.74. The van der Waals surface area contributed by atoms with Crippen LogP contribution < -0.4 is 10.6 Å². The summed E-state index contributed by atoms with van der Waals surface area (Å²) in [6.45, 7) is 0. The van der Waals surface area contributed by atoms with Crippen molar-refractivity contribution in [2.75, 3.05) is 10.6 Å². The molecule has 1 amide bonds. The number of fused-ring (bicyclic) bond motifs is 2. The Kier molecular flexibility index (Phi) is 2.54. The third-order valence-corrected chi connectivity index (χ3v) is 4.85. The molecule has 0 unspecified atom stereocenters. The summed E-state index contributed by atoms with van der Waals surface area (Å²) in [5.41, 5.74) is 8.37. The minimum absolute atomic E-state index is 0.0972. The third-order valence-electron chi connectivity index (χ3n) is 3.71. The molecule has 0 radical (unpaired) electrons. The van der Waals surface area contributed by atoms with Gasteiger partial charge in [0.25, 0.3) is 5.91 Å². The molecule has 0 aromatic heterocycles. The van der Waals surface area contributed by atoms with Crippen molar-refractivity contribution in [2.45, 2.75) is 28.7 Å². The number of hydrogen-bond donors (Lipinski definition) is 1. The molecule has 1 aliphatic carbocycles. The third kappa shape index (κ3) is 1.79. The van der Waals surface area contributed by atoms with Crippen molar-refractivity contribution in [3.8, 4) is 0 Å². The van der Waals surface area contributed by atoms with E-state index in [4.69, 9.17) is 5.73 Å². The van der Waals surface area contributed by atoms with Crippen molar-refractivity contribution in [3.63, 3.8) is 0 Å². The first-order valence-corrected chi connectivity index (χ1v) is 7.55. The molecule has 0 atom stereocenters. The molecular weight excluding hydrogens is 268 g/mol. The quantitative estimate of drug-likeness (QED) is 0.814. The maximum absolute atomic E-state index is 12.9. The van der Waals surface area contributed by atoms with Crippen molar-refractivity contribution >= 4 is 29.0 Å². The number of rotatable bonds is 1. The second kappa shape index (κ2) is 4.28. The van der Waals surface area contributed by atoms with Gasteiger partial charge in [0.1, 0.15) is 0 Å². The van der Waals surface area contributed by atoms with Gasteiger partial charge < -0.3 is 10.6 Å². The highest BCUT2D eigenvalue weighted by molar-refractivity contribution is 7.99. The number of nitrogen functional groups attached to an aromatic ring is 1. The average molecular weight is 282 g/mol. The zero-order chi connectivity index (χ0) is 13.7. The molecule has 0 spiro atoms. The van der Waals surface area contributed by atoms with Crippen LogP contribution in [0.3, 0.4) is 0 Å². The molecule has 1 saturated carbocycles. The zero-order valence-electron chi connectivity index (χ0n) is 10.9. The molecule has 4 rings (SSSR count). The van der Waals surface area contributed by atoms with Crippen molar-refractivity contribution < 1.29 is 4.79 Å². The van der Waals surface area contributed by atoms with Gasteiger partial charge in [-0.3, -0.25) is 4.79 Å². The van der Waals surface area contributed by atoms with E-state index in [1.165, 1.54) is 0 Å². The van der Waals surface area contributed by atoms with E-state index in [9.17, 15) is 4.79 Å². The second-order valence-electron chi connectivity index (χ2n) is 5.23. The molecule has 2 N–H and O–H groups in total. The number of nitrogens with two attached hydrogens (primary N) is 1. The predicted molar refractivity (Wildman–Crippen MR) is 81.3 cm³/mol. The van der Waals surface area contributed by atoms with Crippen LogP contribution in [0.25, 0.3) is 0 Å². The first kappa shape index (κ1) is 11.9. The van der Waals surface area contributed by atoms with Crippen LogP contribution in [0.2, 0.25) is 0 Å². The molecule has 20 heavy (non-hydrogen) atoms. The van der Waals surface area contributed by atoms with Gasteiger partial charge in [-0.1, -0.05) is 23.9 Å². The highest BCUT2D eigenvalue weighted by Gasteiger charge is 2.37. The van der Waals surface area contributed by atoms with Crippen LogP contribution in [0, 0.1) is 0 Å². The smallest absolute Gasteiger partial charge is 0.259 e. The first-order chi connectivity index (χ1) is 9.74. The van der Waals surface area contributed by atoms with Crippen LogP contribution in [-0.4, -0.2) is 11.9 Å². The van der Waals surface area contributed by atoms with Crippen molar-refractivity contribution in [1.29, 1.82) is 0 Å². The van der Waals surface area contributed by atoms with Crippen molar-refractivity contribution in [3.05, 3.63) is 48.0 Å². The summed E-state index contributed by atoms with van der Waals surface area (Å²) < 4.78 is 0. The van der Waals surface area contributed by atoms with E-state index in [-0.39, 0.29) is 5.91 Å². The molecular formula is C16H14N2OS.